The summed E-state index contributed by atoms with van der Waals surface area (Å²) >= 11 is 0. The number of hydrogen-bond acceptors (Lipinski definition) is 10. The van der Waals surface area contributed by atoms with Gasteiger partial charge in [0.2, 0.25) is 0 Å². The minimum Gasteiger partial charge on any atom is -0.497 e. The molecule has 5 aromatic carbocycles. The van der Waals surface area contributed by atoms with Gasteiger partial charge in [0.05, 0.1) is 54.4 Å². The molecule has 2 fully saturated rings. The van der Waals surface area contributed by atoms with Gasteiger partial charge in [0.15, 0.2) is 6.29 Å². The zero-order chi connectivity index (χ0) is 40.7. The second-order valence-corrected chi connectivity index (χ2v) is 14.8. The predicted octanol–water partition coefficient (Wildman–Crippen LogP) is 8.86. The van der Waals surface area contributed by atoms with Crippen molar-refractivity contribution in [3.63, 3.8) is 0 Å². The molecule has 1 saturated heterocycles. The molecule has 7 rings (SSSR count). The Balaban J connectivity index is 1.31. The fraction of sp³-hybridized carbons (Fsp3) is 0.388. The molecule has 1 aliphatic carbocycles. The molecule has 0 spiro atoms. The Hall–Kier alpha value is -4.78. The van der Waals surface area contributed by atoms with Gasteiger partial charge in [-0.15, -0.1) is 0 Å². The molecule has 2 aliphatic rings. The lowest BCUT2D eigenvalue weighted by atomic mass is 9.83. The van der Waals surface area contributed by atoms with Crippen LogP contribution in [0.1, 0.15) is 47.1 Å². The summed E-state index contributed by atoms with van der Waals surface area (Å²) in [6.45, 7) is 1.98. The van der Waals surface area contributed by atoms with Gasteiger partial charge in [-0.25, -0.2) is 0 Å². The van der Waals surface area contributed by atoms with E-state index in [1.54, 1.807) is 21.3 Å². The quantitative estimate of drug-likeness (QED) is 0.0760. The largest absolute Gasteiger partial charge is 0.497 e. The number of benzene rings is 5. The topological polar surface area (TPSA) is 92.3 Å². The lowest BCUT2D eigenvalue weighted by Crippen LogP contribution is -2.68. The maximum absolute atomic E-state index is 7.07. The molecule has 1 aliphatic heterocycles. The van der Waals surface area contributed by atoms with E-state index in [1.165, 1.54) is 0 Å². The van der Waals surface area contributed by atoms with Crippen molar-refractivity contribution < 1.29 is 47.4 Å². The number of para-hydroxylation sites is 1. The molecular weight excluding hydrogens is 749 g/mol. The van der Waals surface area contributed by atoms with Gasteiger partial charge >= 0.3 is 0 Å². The Morgan fingerprint density at radius 3 is 1.29 bits per heavy atom. The normalized spacial score (nSPS) is 23.1. The van der Waals surface area contributed by atoms with E-state index in [0.717, 1.165) is 64.3 Å². The van der Waals surface area contributed by atoms with Crippen LogP contribution in [0.25, 0.3) is 0 Å². The van der Waals surface area contributed by atoms with Gasteiger partial charge in [0.1, 0.15) is 53.9 Å². The second kappa shape index (κ2) is 22.0. The van der Waals surface area contributed by atoms with Crippen LogP contribution in [0.3, 0.4) is 0 Å². The lowest BCUT2D eigenvalue weighted by Gasteiger charge is -2.50. The molecule has 0 N–H and O–H groups in total. The third-order valence-corrected chi connectivity index (χ3v) is 10.8. The van der Waals surface area contributed by atoms with Crippen molar-refractivity contribution in [1.29, 1.82) is 0 Å². The molecular formula is C49H56O10. The first-order chi connectivity index (χ1) is 29.1. The standard InChI is InChI=1S/C49H56O10/c1-50-40-25-21-37(22-26-40)32-55-44-45(54-30-35-14-6-4-7-15-35)47(57-31-36-16-8-5-9-17-36)49(59-43-20-12-13-29-53-43)48(58-34-39-18-10-11-19-42(39)52-3)46(44)56-33-38-23-27-41(51-2)28-24-38/h4-11,14-19,21-28,43-49H,12-13,20,29-34H2,1-3H3/t43?,44-,45-,46+,47-,48-,49-/m1/s1. The van der Waals surface area contributed by atoms with E-state index in [-0.39, 0.29) is 19.8 Å². The smallest absolute Gasteiger partial charge is 0.158 e. The highest BCUT2D eigenvalue weighted by atomic mass is 16.7. The van der Waals surface area contributed by atoms with Gasteiger partial charge in [-0.3, -0.25) is 0 Å². The SMILES string of the molecule is COc1ccc(CO[C@@H]2[C@@H](OCc3ccccc3)[C@@H](OCc3ccccc3)[C@@H](OC3CCCCO3)[C@H](OCc3ccccc3OC)[C@H]2OCc2ccc(OC)cc2)cc1. The third kappa shape index (κ3) is 11.7. The van der Waals surface area contributed by atoms with Crippen molar-refractivity contribution in [2.75, 3.05) is 27.9 Å². The van der Waals surface area contributed by atoms with Gasteiger partial charge in [0.25, 0.3) is 0 Å². The summed E-state index contributed by atoms with van der Waals surface area (Å²) in [6.07, 6.45) is -1.89. The highest BCUT2D eigenvalue weighted by Crippen LogP contribution is 2.38. The zero-order valence-corrected chi connectivity index (χ0v) is 34.2. The highest BCUT2D eigenvalue weighted by Gasteiger charge is 2.56. The van der Waals surface area contributed by atoms with Crippen molar-refractivity contribution >= 4 is 0 Å². The van der Waals surface area contributed by atoms with E-state index in [9.17, 15) is 0 Å². The van der Waals surface area contributed by atoms with Crippen LogP contribution in [0.5, 0.6) is 17.2 Å². The van der Waals surface area contributed by atoms with Crippen LogP contribution in [0.15, 0.2) is 133 Å². The van der Waals surface area contributed by atoms with E-state index >= 15 is 0 Å². The van der Waals surface area contributed by atoms with E-state index in [1.807, 2.05) is 109 Å². The molecule has 10 nitrogen and oxygen atoms in total. The van der Waals surface area contributed by atoms with E-state index < -0.39 is 42.9 Å². The fourth-order valence-electron chi connectivity index (χ4n) is 7.59. The van der Waals surface area contributed by atoms with Gasteiger partial charge < -0.3 is 47.4 Å². The summed E-state index contributed by atoms with van der Waals surface area (Å²) in [5.74, 6) is 2.25. The number of ether oxygens (including phenoxy) is 10. The number of hydrogen-bond donors (Lipinski definition) is 0. The van der Waals surface area contributed by atoms with Crippen LogP contribution in [0.4, 0.5) is 0 Å². The third-order valence-electron chi connectivity index (χ3n) is 10.8. The molecule has 1 heterocycles. The summed E-state index contributed by atoms with van der Waals surface area (Å²) in [4.78, 5) is 0. The second-order valence-electron chi connectivity index (χ2n) is 14.8. The van der Waals surface area contributed by atoms with Gasteiger partial charge in [-0.1, -0.05) is 103 Å². The molecule has 1 saturated carbocycles. The van der Waals surface area contributed by atoms with Gasteiger partial charge in [-0.2, -0.15) is 0 Å². The first-order valence-corrected chi connectivity index (χ1v) is 20.4. The summed E-state index contributed by atoms with van der Waals surface area (Å²) in [7, 11) is 4.98. The summed E-state index contributed by atoms with van der Waals surface area (Å²) in [5, 5.41) is 0. The van der Waals surface area contributed by atoms with Crippen LogP contribution in [0, 0.1) is 0 Å². The van der Waals surface area contributed by atoms with E-state index in [4.69, 9.17) is 47.4 Å². The maximum atomic E-state index is 7.07. The van der Waals surface area contributed by atoms with Crippen LogP contribution in [0.2, 0.25) is 0 Å². The van der Waals surface area contributed by atoms with Gasteiger partial charge in [0, 0.05) is 12.2 Å². The predicted molar refractivity (Wildman–Crippen MR) is 223 cm³/mol. The monoisotopic (exact) mass is 804 g/mol. The summed E-state index contributed by atoms with van der Waals surface area (Å²) < 4.78 is 65.2. The molecule has 10 heteroatoms. The minimum atomic E-state index is -0.707. The molecule has 0 amide bonds. The summed E-state index contributed by atoms with van der Waals surface area (Å²) in [6, 6.07) is 43.8. The van der Waals surface area contributed by atoms with Crippen molar-refractivity contribution in [2.24, 2.45) is 0 Å². The van der Waals surface area contributed by atoms with Crippen LogP contribution in [-0.2, 0) is 66.2 Å². The first-order valence-electron chi connectivity index (χ1n) is 20.4. The van der Waals surface area contributed by atoms with Crippen molar-refractivity contribution in [3.8, 4) is 17.2 Å². The molecule has 5 aromatic rings. The minimum absolute atomic E-state index is 0.217. The van der Waals surface area contributed by atoms with Crippen LogP contribution in [-0.4, -0.2) is 70.9 Å². The van der Waals surface area contributed by atoms with Crippen molar-refractivity contribution in [3.05, 3.63) is 161 Å². The Bertz CT molecular complexity index is 1940. The Kier molecular flexibility index (Phi) is 15.8. The van der Waals surface area contributed by atoms with Crippen LogP contribution < -0.4 is 14.2 Å². The summed E-state index contributed by atoms with van der Waals surface area (Å²) in [5.41, 5.74) is 4.84. The molecule has 312 valence electrons. The maximum Gasteiger partial charge on any atom is 0.158 e. The molecule has 0 aromatic heterocycles. The molecule has 0 bridgehead atoms. The van der Waals surface area contributed by atoms with Crippen molar-refractivity contribution in [2.45, 2.75) is 95.2 Å². The molecule has 59 heavy (non-hydrogen) atoms. The Morgan fingerprint density at radius 2 is 0.847 bits per heavy atom. The average molecular weight is 805 g/mol. The zero-order valence-electron chi connectivity index (χ0n) is 34.2. The molecule has 0 radical (unpaired) electrons. The number of rotatable bonds is 20. The van der Waals surface area contributed by atoms with Crippen molar-refractivity contribution in [1.82, 2.24) is 0 Å². The fourth-order valence-corrected chi connectivity index (χ4v) is 7.59. The Labute approximate surface area is 348 Å². The lowest BCUT2D eigenvalue weighted by molar-refractivity contribution is -0.317. The van der Waals surface area contributed by atoms with E-state index in [2.05, 4.69) is 24.3 Å². The molecule has 1 unspecified atom stereocenters. The average Bonchev–Trinajstić information content (AvgIpc) is 3.30. The van der Waals surface area contributed by atoms with Gasteiger partial charge in [-0.05, 0) is 71.8 Å². The number of methoxy groups -OCH3 is 3. The first kappa shape index (κ1) is 42.3. The Morgan fingerprint density at radius 1 is 0.424 bits per heavy atom. The highest BCUT2D eigenvalue weighted by molar-refractivity contribution is 5.33. The van der Waals surface area contributed by atoms with E-state index in [0.29, 0.717) is 19.8 Å². The van der Waals surface area contributed by atoms with Crippen LogP contribution >= 0.6 is 0 Å². The molecule has 7 atom stereocenters.